The molecule has 1 rings (SSSR count). The third-order valence-corrected chi connectivity index (χ3v) is 2.61. The molecule has 0 spiro atoms. The van der Waals surface area contributed by atoms with Crippen molar-refractivity contribution in [2.45, 2.75) is 33.2 Å². The lowest BCUT2D eigenvalue weighted by molar-refractivity contribution is 0.612. The van der Waals surface area contributed by atoms with Crippen LogP contribution in [0.25, 0.3) is 0 Å². The van der Waals surface area contributed by atoms with E-state index in [0.717, 1.165) is 12.8 Å². The summed E-state index contributed by atoms with van der Waals surface area (Å²) < 4.78 is 1.45. The van der Waals surface area contributed by atoms with E-state index in [-0.39, 0.29) is 11.1 Å². The molecule has 0 amide bonds. The first-order valence-corrected chi connectivity index (χ1v) is 5.29. The third kappa shape index (κ3) is 2.40. The number of halogens is 1. The monoisotopic (exact) mass is 224 g/mol. The molecule has 0 saturated carbocycles. The summed E-state index contributed by atoms with van der Waals surface area (Å²) in [5.74, 6) is 0. The fraction of sp³-hybridized carbons (Fsp3) is 0.455. The Balaban J connectivity index is 3.28. The molecular weight excluding hydrogens is 212 g/mol. The number of hydrogen-bond donors (Lipinski definition) is 0. The largest absolute Gasteiger partial charge is 0.298 e. The highest BCUT2D eigenvalue weighted by Gasteiger charge is 2.10. The van der Waals surface area contributed by atoms with Crippen molar-refractivity contribution in [1.82, 2.24) is 4.57 Å². The normalized spacial score (nSPS) is 10.0. The number of aromatic nitrogens is 1. The van der Waals surface area contributed by atoms with Crippen LogP contribution in [0.2, 0.25) is 5.15 Å². The highest BCUT2D eigenvalue weighted by atomic mass is 35.5. The van der Waals surface area contributed by atoms with Gasteiger partial charge in [0.1, 0.15) is 16.8 Å². The Morgan fingerprint density at radius 1 is 1.60 bits per heavy atom. The Labute approximate surface area is 93.9 Å². The first-order valence-electron chi connectivity index (χ1n) is 4.91. The second-order valence-corrected chi connectivity index (χ2v) is 3.83. The van der Waals surface area contributed by atoms with Gasteiger partial charge in [-0.3, -0.25) is 9.36 Å². The van der Waals surface area contributed by atoms with Gasteiger partial charge in [-0.05, 0) is 25.0 Å². The third-order valence-electron chi connectivity index (χ3n) is 2.29. The molecule has 0 aromatic carbocycles. The number of nitriles is 1. The Morgan fingerprint density at radius 2 is 2.27 bits per heavy atom. The minimum Gasteiger partial charge on any atom is -0.298 e. The van der Waals surface area contributed by atoms with E-state index in [1.165, 1.54) is 4.57 Å². The summed E-state index contributed by atoms with van der Waals surface area (Å²) in [4.78, 5) is 11.8. The van der Waals surface area contributed by atoms with E-state index in [0.29, 0.717) is 17.3 Å². The van der Waals surface area contributed by atoms with E-state index in [9.17, 15) is 4.79 Å². The van der Waals surface area contributed by atoms with Gasteiger partial charge in [0.15, 0.2) is 0 Å². The van der Waals surface area contributed by atoms with E-state index in [4.69, 9.17) is 16.9 Å². The van der Waals surface area contributed by atoms with Crippen LogP contribution in [0.3, 0.4) is 0 Å². The predicted octanol–water partition coefficient (Wildman–Crippen LogP) is 2.48. The standard InChI is InChI=1S/C11H13ClN2O/c1-3-4-5-14-10(12)6-8(2)9(7-13)11(14)15/h6H,3-5H2,1-2H3. The first-order chi connectivity index (χ1) is 7.11. The highest BCUT2D eigenvalue weighted by Crippen LogP contribution is 2.12. The fourth-order valence-corrected chi connectivity index (χ4v) is 1.71. The maximum absolute atomic E-state index is 11.8. The highest BCUT2D eigenvalue weighted by molar-refractivity contribution is 6.29. The first kappa shape index (κ1) is 11.8. The van der Waals surface area contributed by atoms with Crippen LogP contribution in [0.4, 0.5) is 0 Å². The second kappa shape index (κ2) is 4.99. The zero-order chi connectivity index (χ0) is 11.4. The fourth-order valence-electron chi connectivity index (χ4n) is 1.39. The minimum atomic E-state index is -0.282. The van der Waals surface area contributed by atoms with Crippen LogP contribution in [0, 0.1) is 18.3 Å². The average Bonchev–Trinajstić information content (AvgIpc) is 2.17. The summed E-state index contributed by atoms with van der Waals surface area (Å²) in [5, 5.41) is 9.24. The van der Waals surface area contributed by atoms with Crippen molar-refractivity contribution in [3.8, 4) is 6.07 Å². The average molecular weight is 225 g/mol. The van der Waals surface area contributed by atoms with Crippen molar-refractivity contribution in [2.24, 2.45) is 0 Å². The van der Waals surface area contributed by atoms with Crippen LogP contribution in [-0.2, 0) is 6.54 Å². The van der Waals surface area contributed by atoms with Gasteiger partial charge in [-0.1, -0.05) is 24.9 Å². The van der Waals surface area contributed by atoms with E-state index in [1.54, 1.807) is 13.0 Å². The predicted molar refractivity (Wildman–Crippen MR) is 60.1 cm³/mol. The Kier molecular flexibility index (Phi) is 3.93. The maximum Gasteiger partial charge on any atom is 0.269 e. The topological polar surface area (TPSA) is 45.8 Å². The molecule has 0 saturated heterocycles. The molecular formula is C11H13ClN2O. The molecule has 0 N–H and O–H groups in total. The van der Waals surface area contributed by atoms with Gasteiger partial charge in [0.2, 0.25) is 0 Å². The molecule has 1 aromatic rings. The van der Waals surface area contributed by atoms with Crippen LogP contribution in [0.5, 0.6) is 0 Å². The SMILES string of the molecule is CCCCn1c(Cl)cc(C)c(C#N)c1=O. The van der Waals surface area contributed by atoms with Crippen molar-refractivity contribution in [2.75, 3.05) is 0 Å². The van der Waals surface area contributed by atoms with Gasteiger partial charge < -0.3 is 0 Å². The van der Waals surface area contributed by atoms with Crippen LogP contribution in [0.15, 0.2) is 10.9 Å². The molecule has 0 unspecified atom stereocenters. The molecule has 0 bridgehead atoms. The molecule has 80 valence electrons. The van der Waals surface area contributed by atoms with Crippen molar-refractivity contribution < 1.29 is 0 Å². The van der Waals surface area contributed by atoms with Crippen LogP contribution in [0.1, 0.15) is 30.9 Å². The van der Waals surface area contributed by atoms with E-state index < -0.39 is 0 Å². The molecule has 0 radical (unpaired) electrons. The number of aryl methyl sites for hydroxylation is 1. The molecule has 4 heteroatoms. The van der Waals surface area contributed by atoms with Gasteiger partial charge in [0.05, 0.1) is 0 Å². The van der Waals surface area contributed by atoms with Crippen LogP contribution < -0.4 is 5.56 Å². The van der Waals surface area contributed by atoms with Gasteiger partial charge >= 0.3 is 0 Å². The number of rotatable bonds is 3. The van der Waals surface area contributed by atoms with Crippen molar-refractivity contribution in [3.63, 3.8) is 0 Å². The lowest BCUT2D eigenvalue weighted by Gasteiger charge is -2.09. The summed E-state index contributed by atoms with van der Waals surface area (Å²) in [5.41, 5.74) is 0.548. The summed E-state index contributed by atoms with van der Waals surface area (Å²) in [6.07, 6.45) is 1.87. The van der Waals surface area contributed by atoms with Crippen molar-refractivity contribution in [3.05, 3.63) is 32.7 Å². The molecule has 3 nitrogen and oxygen atoms in total. The van der Waals surface area contributed by atoms with Crippen LogP contribution in [-0.4, -0.2) is 4.57 Å². The van der Waals surface area contributed by atoms with Crippen LogP contribution >= 0.6 is 11.6 Å². The van der Waals surface area contributed by atoms with E-state index in [2.05, 4.69) is 0 Å². The molecule has 0 fully saturated rings. The Morgan fingerprint density at radius 3 is 2.80 bits per heavy atom. The van der Waals surface area contributed by atoms with Gasteiger partial charge in [0.25, 0.3) is 5.56 Å². The number of nitrogens with zero attached hydrogens (tertiary/aromatic N) is 2. The second-order valence-electron chi connectivity index (χ2n) is 3.45. The summed E-state index contributed by atoms with van der Waals surface area (Å²) in [6.45, 7) is 4.33. The number of pyridine rings is 1. The molecule has 1 heterocycles. The Hall–Kier alpha value is -1.27. The van der Waals surface area contributed by atoms with Crippen molar-refractivity contribution >= 4 is 11.6 Å². The van der Waals surface area contributed by atoms with Gasteiger partial charge in [-0.15, -0.1) is 0 Å². The number of hydrogen-bond acceptors (Lipinski definition) is 2. The zero-order valence-corrected chi connectivity index (χ0v) is 9.64. The molecule has 0 aliphatic rings. The zero-order valence-electron chi connectivity index (χ0n) is 8.88. The van der Waals surface area contributed by atoms with Crippen molar-refractivity contribution in [1.29, 1.82) is 5.26 Å². The molecule has 0 aliphatic carbocycles. The molecule has 0 atom stereocenters. The van der Waals surface area contributed by atoms with Gasteiger partial charge in [-0.2, -0.15) is 5.26 Å². The van der Waals surface area contributed by atoms with E-state index >= 15 is 0 Å². The maximum atomic E-state index is 11.8. The lowest BCUT2D eigenvalue weighted by atomic mass is 10.2. The minimum absolute atomic E-state index is 0.190. The Bertz CT molecular complexity index is 457. The summed E-state index contributed by atoms with van der Waals surface area (Å²) >= 11 is 5.95. The molecule has 0 aliphatic heterocycles. The molecule has 1 aromatic heterocycles. The molecule has 15 heavy (non-hydrogen) atoms. The quantitative estimate of drug-likeness (QED) is 0.741. The smallest absolute Gasteiger partial charge is 0.269 e. The van der Waals surface area contributed by atoms with Gasteiger partial charge in [-0.25, -0.2) is 0 Å². The lowest BCUT2D eigenvalue weighted by Crippen LogP contribution is -2.24. The van der Waals surface area contributed by atoms with E-state index in [1.807, 2.05) is 13.0 Å². The summed E-state index contributed by atoms with van der Waals surface area (Å²) in [6, 6.07) is 3.58. The summed E-state index contributed by atoms with van der Waals surface area (Å²) in [7, 11) is 0. The number of unbranched alkanes of at least 4 members (excludes halogenated alkanes) is 1. The van der Waals surface area contributed by atoms with Gasteiger partial charge in [0, 0.05) is 6.54 Å².